The highest BCUT2D eigenvalue weighted by Gasteiger charge is 2.09. The third-order valence-electron chi connectivity index (χ3n) is 3.70. The van der Waals surface area contributed by atoms with Crippen LogP contribution in [0.1, 0.15) is 5.69 Å². The first-order chi connectivity index (χ1) is 12.6. The number of imidazole rings is 1. The van der Waals surface area contributed by atoms with Gasteiger partial charge in [-0.1, -0.05) is 0 Å². The molecule has 4 aromatic rings. The van der Waals surface area contributed by atoms with Crippen LogP contribution in [0.2, 0.25) is 0 Å². The summed E-state index contributed by atoms with van der Waals surface area (Å²) in [6.45, 7) is 0.117. The molecule has 0 aliphatic heterocycles. The molecule has 6 nitrogen and oxygen atoms in total. The number of phenolic OH excluding ortho intramolecular Hbond substituents is 1. The number of rotatable bonds is 4. The van der Waals surface area contributed by atoms with E-state index in [1.165, 1.54) is 30.6 Å². The number of aromatic nitrogens is 4. The number of nitrogens with zero attached hydrogens (tertiary/aromatic N) is 4. The van der Waals surface area contributed by atoms with Gasteiger partial charge in [0.05, 0.1) is 18.1 Å². The van der Waals surface area contributed by atoms with Crippen molar-refractivity contribution in [2.24, 2.45) is 0 Å². The summed E-state index contributed by atoms with van der Waals surface area (Å²) >= 11 is 0. The zero-order valence-corrected chi connectivity index (χ0v) is 13.3. The molecule has 0 saturated heterocycles. The van der Waals surface area contributed by atoms with Crippen molar-refractivity contribution in [2.75, 3.05) is 0 Å². The lowest BCUT2D eigenvalue weighted by molar-refractivity contribution is 0.299. The normalized spacial score (nSPS) is 11.0. The van der Waals surface area contributed by atoms with Gasteiger partial charge in [0.1, 0.15) is 29.7 Å². The molecule has 0 radical (unpaired) electrons. The summed E-state index contributed by atoms with van der Waals surface area (Å²) in [5.74, 6) is -0.441. The fraction of sp³-hybridized carbons (Fsp3) is 0.0556. The van der Waals surface area contributed by atoms with Crippen LogP contribution in [0, 0.1) is 11.6 Å². The second-order valence-corrected chi connectivity index (χ2v) is 5.57. The van der Waals surface area contributed by atoms with Gasteiger partial charge in [0, 0.05) is 41.9 Å². The van der Waals surface area contributed by atoms with Crippen molar-refractivity contribution in [3.63, 3.8) is 0 Å². The Balaban J connectivity index is 1.59. The Morgan fingerprint density at radius 1 is 1.04 bits per heavy atom. The lowest BCUT2D eigenvalue weighted by atomic mass is 10.1. The van der Waals surface area contributed by atoms with Gasteiger partial charge in [0.15, 0.2) is 0 Å². The molecule has 0 atom stereocenters. The third kappa shape index (κ3) is 3.16. The highest BCUT2D eigenvalue weighted by molar-refractivity contribution is 5.69. The van der Waals surface area contributed by atoms with E-state index in [0.29, 0.717) is 28.3 Å². The number of halogens is 2. The summed E-state index contributed by atoms with van der Waals surface area (Å²) in [6, 6.07) is 5.01. The van der Waals surface area contributed by atoms with E-state index in [4.69, 9.17) is 4.74 Å². The molecule has 1 aromatic carbocycles. The van der Waals surface area contributed by atoms with Gasteiger partial charge in [0.25, 0.3) is 0 Å². The smallest absolute Gasteiger partial charge is 0.234 e. The quantitative estimate of drug-likeness (QED) is 0.608. The van der Waals surface area contributed by atoms with E-state index in [1.807, 2.05) is 0 Å². The monoisotopic (exact) mass is 354 g/mol. The van der Waals surface area contributed by atoms with Gasteiger partial charge in [-0.15, -0.1) is 0 Å². The topological polar surface area (TPSA) is 72.5 Å². The van der Waals surface area contributed by atoms with E-state index < -0.39 is 11.6 Å². The fourth-order valence-corrected chi connectivity index (χ4v) is 2.52. The van der Waals surface area contributed by atoms with E-state index in [2.05, 4.69) is 15.0 Å². The van der Waals surface area contributed by atoms with Crippen molar-refractivity contribution in [3.8, 4) is 22.6 Å². The molecule has 0 spiro atoms. The van der Waals surface area contributed by atoms with Gasteiger partial charge in [-0.2, -0.15) is 0 Å². The van der Waals surface area contributed by atoms with Crippen molar-refractivity contribution in [1.82, 2.24) is 19.4 Å². The molecule has 0 amide bonds. The van der Waals surface area contributed by atoms with Crippen LogP contribution in [0.4, 0.5) is 8.78 Å². The zero-order chi connectivity index (χ0) is 18.1. The number of hydrogen-bond donors (Lipinski definition) is 1. The second kappa shape index (κ2) is 6.40. The molecule has 0 fully saturated rings. The second-order valence-electron chi connectivity index (χ2n) is 5.57. The first-order valence-electron chi connectivity index (χ1n) is 7.64. The summed E-state index contributed by atoms with van der Waals surface area (Å²) in [5.41, 5.74) is 1.65. The predicted molar refractivity (Wildman–Crippen MR) is 88.6 cm³/mol. The summed E-state index contributed by atoms with van der Waals surface area (Å²) in [4.78, 5) is 12.3. The van der Waals surface area contributed by atoms with E-state index in [-0.39, 0.29) is 12.4 Å². The van der Waals surface area contributed by atoms with Gasteiger partial charge < -0.3 is 9.84 Å². The molecule has 0 bridgehead atoms. The molecule has 0 unspecified atom stereocenters. The minimum atomic E-state index is -0.519. The summed E-state index contributed by atoms with van der Waals surface area (Å²) in [7, 11) is 0. The minimum absolute atomic E-state index is 0.117. The van der Waals surface area contributed by atoms with E-state index >= 15 is 0 Å². The van der Waals surface area contributed by atoms with Crippen LogP contribution in [-0.2, 0) is 6.61 Å². The molecular weight excluding hydrogens is 342 g/mol. The number of ether oxygens (including phenoxy) is 1. The van der Waals surface area contributed by atoms with Crippen LogP contribution in [0.15, 0.2) is 55.2 Å². The maximum absolute atomic E-state index is 13.1. The summed E-state index contributed by atoms with van der Waals surface area (Å²) in [5, 5.41) is 9.91. The van der Waals surface area contributed by atoms with Crippen LogP contribution in [0.25, 0.3) is 16.9 Å². The average molecular weight is 354 g/mol. The molecule has 4 rings (SSSR count). The summed E-state index contributed by atoms with van der Waals surface area (Å²) < 4.78 is 33.4. The number of hydrogen-bond acceptors (Lipinski definition) is 5. The number of fused-ring (bicyclic) bond motifs is 1. The van der Waals surface area contributed by atoms with Crippen molar-refractivity contribution in [2.45, 2.75) is 6.61 Å². The molecule has 0 aliphatic carbocycles. The molecule has 0 saturated carbocycles. The van der Waals surface area contributed by atoms with Gasteiger partial charge in [0.2, 0.25) is 5.78 Å². The van der Waals surface area contributed by atoms with Crippen LogP contribution in [-0.4, -0.2) is 24.5 Å². The first-order valence-corrected chi connectivity index (χ1v) is 7.64. The molecule has 1 N–H and O–H groups in total. The highest BCUT2D eigenvalue weighted by atomic mass is 19.1. The van der Waals surface area contributed by atoms with Crippen molar-refractivity contribution in [1.29, 1.82) is 0 Å². The van der Waals surface area contributed by atoms with Gasteiger partial charge in [-0.3, -0.25) is 9.38 Å². The van der Waals surface area contributed by atoms with Crippen LogP contribution in [0.5, 0.6) is 11.5 Å². The zero-order valence-electron chi connectivity index (χ0n) is 13.3. The highest BCUT2D eigenvalue weighted by Crippen LogP contribution is 2.29. The van der Waals surface area contributed by atoms with Gasteiger partial charge in [-0.25, -0.2) is 18.7 Å². The molecule has 26 heavy (non-hydrogen) atoms. The van der Waals surface area contributed by atoms with E-state index in [0.717, 1.165) is 12.3 Å². The molecule has 8 heteroatoms. The van der Waals surface area contributed by atoms with Crippen molar-refractivity contribution in [3.05, 3.63) is 72.6 Å². The lowest BCUT2D eigenvalue weighted by Crippen LogP contribution is -1.96. The number of pyridine rings is 1. The van der Waals surface area contributed by atoms with Crippen LogP contribution in [0.3, 0.4) is 0 Å². The fourth-order valence-electron chi connectivity index (χ4n) is 2.52. The molecular formula is C18H12F2N4O2. The van der Waals surface area contributed by atoms with Crippen LogP contribution < -0.4 is 4.74 Å². The van der Waals surface area contributed by atoms with Crippen molar-refractivity contribution < 1.29 is 18.6 Å². The van der Waals surface area contributed by atoms with Crippen LogP contribution >= 0.6 is 0 Å². The summed E-state index contributed by atoms with van der Waals surface area (Å²) in [6.07, 6.45) is 7.46. The number of benzene rings is 1. The van der Waals surface area contributed by atoms with E-state index in [9.17, 15) is 13.9 Å². The molecule has 3 aromatic heterocycles. The standard InChI is InChI=1S/C18H12F2N4O2/c19-12-1-2-16(17(25)4-12)11-5-22-18-23-14(9-24(18)8-11)10-26-15-3-13(20)6-21-7-15/h1-9,25H,10H2. The Hall–Kier alpha value is -3.55. The molecule has 130 valence electrons. The SMILES string of the molecule is Oc1cc(F)ccc1-c1cnc2nc(COc3cncc(F)c3)cn2c1. The molecule has 3 heterocycles. The molecule has 0 aliphatic rings. The maximum atomic E-state index is 13.1. The van der Waals surface area contributed by atoms with Gasteiger partial charge >= 0.3 is 0 Å². The van der Waals surface area contributed by atoms with E-state index in [1.54, 1.807) is 16.8 Å². The first kappa shape index (κ1) is 15.9. The largest absolute Gasteiger partial charge is 0.507 e. The Kier molecular flexibility index (Phi) is 3.92. The maximum Gasteiger partial charge on any atom is 0.234 e. The third-order valence-corrected chi connectivity index (χ3v) is 3.70. The number of phenols is 1. The minimum Gasteiger partial charge on any atom is -0.507 e. The Bertz CT molecular complexity index is 1100. The van der Waals surface area contributed by atoms with Gasteiger partial charge in [-0.05, 0) is 12.1 Å². The Morgan fingerprint density at radius 3 is 2.73 bits per heavy atom. The average Bonchev–Trinajstić information content (AvgIpc) is 3.02. The Labute approximate surface area is 146 Å². The Morgan fingerprint density at radius 2 is 1.92 bits per heavy atom. The number of aromatic hydroxyl groups is 1. The predicted octanol–water partition coefficient (Wildman–Crippen LogP) is 3.35. The van der Waals surface area contributed by atoms with Crippen molar-refractivity contribution >= 4 is 5.78 Å². The lowest BCUT2D eigenvalue weighted by Gasteiger charge is -2.04.